The first-order valence-electron chi connectivity index (χ1n) is 40.2. The number of rotatable bonds is 97. The molecular weight excluding hydrogens is 1590 g/mol. The van der Waals surface area contributed by atoms with E-state index < -0.39 is 36.0 Å². The van der Waals surface area contributed by atoms with Gasteiger partial charge in [-0.25, -0.2) is 5.90 Å². The summed E-state index contributed by atoms with van der Waals surface area (Å²) in [5, 5.41) is 21.8. The smallest absolute Gasteiger partial charge is 0.246 e. The SMILES string of the molecule is COCCOCCOCC(=O)NCCOCCOCC(COCCOCCNC(=O)COCCOCCOC)OCC(=O)NCCOCCOCC(COCCOCCNC(=O)COC(COCCOCCNC(=O)COCCOCCOC)COCCOCCNC(=O)COCCOCCOC)OCC(=O)NCCC(=O)NCCCCON. The van der Waals surface area contributed by atoms with Crippen molar-refractivity contribution in [3.8, 4) is 0 Å². The summed E-state index contributed by atoms with van der Waals surface area (Å²) in [6, 6.07) is 0. The number of unbranched alkanes of at least 4 members (excludes halogenated alkanes) is 1. The second kappa shape index (κ2) is 93.3. The first-order valence-corrected chi connectivity index (χ1v) is 40.2. The van der Waals surface area contributed by atoms with Crippen LogP contribution in [0.3, 0.4) is 0 Å². The third kappa shape index (κ3) is 88.7. The van der Waals surface area contributed by atoms with E-state index in [1.807, 2.05) is 0 Å². The molecule has 0 aromatic heterocycles. The molecule has 45 nitrogen and oxygen atoms in total. The van der Waals surface area contributed by atoms with Gasteiger partial charge in [-0.3, -0.25) is 38.4 Å². The fourth-order valence-electron chi connectivity index (χ4n) is 8.60. The van der Waals surface area contributed by atoms with Crippen molar-refractivity contribution in [2.45, 2.75) is 37.6 Å². The molecule has 0 bridgehead atoms. The van der Waals surface area contributed by atoms with Crippen molar-refractivity contribution >= 4 is 47.3 Å². The van der Waals surface area contributed by atoms with Crippen LogP contribution in [0.15, 0.2) is 0 Å². The van der Waals surface area contributed by atoms with Crippen LogP contribution in [0.2, 0.25) is 0 Å². The second-order valence-electron chi connectivity index (χ2n) is 24.7. The number of nitrogens with two attached hydrogens (primary N) is 1. The van der Waals surface area contributed by atoms with E-state index in [9.17, 15) is 38.4 Å². The molecule has 119 heavy (non-hydrogen) atoms. The third-order valence-corrected chi connectivity index (χ3v) is 14.6. The first kappa shape index (κ1) is 114. The molecule has 0 saturated heterocycles. The third-order valence-electron chi connectivity index (χ3n) is 14.6. The fourth-order valence-corrected chi connectivity index (χ4v) is 8.60. The van der Waals surface area contributed by atoms with Crippen molar-refractivity contribution in [3.63, 3.8) is 0 Å². The van der Waals surface area contributed by atoms with E-state index in [0.29, 0.717) is 105 Å². The Labute approximate surface area is 700 Å². The fraction of sp³-hybridized carbons (Fsp3) is 0.892. The summed E-state index contributed by atoms with van der Waals surface area (Å²) >= 11 is 0. The second-order valence-corrected chi connectivity index (χ2v) is 24.7. The van der Waals surface area contributed by atoms with Crippen molar-refractivity contribution in [2.24, 2.45) is 5.90 Å². The van der Waals surface area contributed by atoms with Gasteiger partial charge in [-0.05, 0) is 12.8 Å². The summed E-state index contributed by atoms with van der Waals surface area (Å²) in [5.41, 5.74) is 0. The lowest BCUT2D eigenvalue weighted by molar-refractivity contribution is -0.133. The molecule has 0 unspecified atom stereocenters. The number of ether oxygens (including phenoxy) is 27. The Bertz CT molecular complexity index is 2100. The zero-order valence-corrected chi connectivity index (χ0v) is 70.7. The van der Waals surface area contributed by atoms with E-state index in [1.54, 1.807) is 28.4 Å². The molecule has 0 atom stereocenters. The summed E-state index contributed by atoms with van der Waals surface area (Å²) in [7, 11) is 6.31. The highest BCUT2D eigenvalue weighted by Gasteiger charge is 2.18. The highest BCUT2D eigenvalue weighted by molar-refractivity contribution is 5.80. The predicted molar refractivity (Wildman–Crippen MR) is 421 cm³/mol. The summed E-state index contributed by atoms with van der Waals surface area (Å²) in [6.07, 6.45) is -0.617. The van der Waals surface area contributed by atoms with E-state index in [0.717, 1.165) is 0 Å². The molecular formula is C74H143N9O36. The molecule has 0 spiro atoms. The van der Waals surface area contributed by atoms with Crippen LogP contribution in [0.4, 0.5) is 0 Å². The molecule has 700 valence electrons. The minimum absolute atomic E-state index is 0.00280. The van der Waals surface area contributed by atoms with Gasteiger partial charge in [-0.1, -0.05) is 0 Å². The molecule has 0 aromatic rings. The topological polar surface area (TPSA) is 517 Å². The molecule has 8 amide bonds. The van der Waals surface area contributed by atoms with Crippen molar-refractivity contribution in [1.82, 2.24) is 42.5 Å². The van der Waals surface area contributed by atoms with Crippen LogP contribution < -0.4 is 48.4 Å². The molecule has 0 aliphatic carbocycles. The minimum Gasteiger partial charge on any atom is -0.382 e. The number of hydrogen-bond acceptors (Lipinski definition) is 37. The van der Waals surface area contributed by atoms with E-state index >= 15 is 0 Å². The number of hydrogen-bond donors (Lipinski definition) is 9. The Morgan fingerprint density at radius 3 is 0.630 bits per heavy atom. The van der Waals surface area contributed by atoms with Gasteiger partial charge >= 0.3 is 0 Å². The highest BCUT2D eigenvalue weighted by Crippen LogP contribution is 2.02. The molecule has 0 saturated carbocycles. The van der Waals surface area contributed by atoms with E-state index in [4.69, 9.17) is 134 Å². The van der Waals surface area contributed by atoms with E-state index in [2.05, 4.69) is 47.4 Å². The Kier molecular flexibility index (Phi) is 89.1. The lowest BCUT2D eigenvalue weighted by Crippen LogP contribution is -2.36. The monoisotopic (exact) mass is 1730 g/mol. The van der Waals surface area contributed by atoms with Crippen LogP contribution in [0, 0.1) is 0 Å². The Morgan fingerprint density at radius 1 is 0.202 bits per heavy atom. The van der Waals surface area contributed by atoms with Gasteiger partial charge in [0.25, 0.3) is 0 Å². The molecule has 0 heterocycles. The lowest BCUT2D eigenvalue weighted by Gasteiger charge is -2.19. The maximum atomic E-state index is 12.9. The van der Waals surface area contributed by atoms with Crippen LogP contribution in [-0.2, 0) is 171 Å². The maximum Gasteiger partial charge on any atom is 0.246 e. The molecule has 0 aliphatic rings. The number of amides is 8. The molecule has 0 fully saturated rings. The molecule has 0 radical (unpaired) electrons. The van der Waals surface area contributed by atoms with Gasteiger partial charge < -0.3 is 175 Å². The lowest BCUT2D eigenvalue weighted by atomic mass is 10.3. The van der Waals surface area contributed by atoms with Crippen LogP contribution >= 0.6 is 0 Å². The van der Waals surface area contributed by atoms with E-state index in [-0.39, 0.29) is 313 Å². The normalized spacial score (nSPS) is 11.5. The van der Waals surface area contributed by atoms with Gasteiger partial charge in [0, 0.05) is 87.2 Å². The van der Waals surface area contributed by atoms with Gasteiger partial charge in [0.2, 0.25) is 47.3 Å². The van der Waals surface area contributed by atoms with Crippen LogP contribution in [0.1, 0.15) is 19.3 Å². The van der Waals surface area contributed by atoms with Crippen molar-refractivity contribution in [2.75, 3.05) is 398 Å². The van der Waals surface area contributed by atoms with Gasteiger partial charge in [-0.15, -0.1) is 0 Å². The van der Waals surface area contributed by atoms with Crippen molar-refractivity contribution in [1.29, 1.82) is 0 Å². The molecule has 0 aromatic carbocycles. The quantitative estimate of drug-likeness (QED) is 0.0202. The molecule has 0 aliphatic heterocycles. The highest BCUT2D eigenvalue weighted by atomic mass is 16.6. The zero-order chi connectivity index (χ0) is 86.5. The number of carbonyl (C=O) groups is 8. The van der Waals surface area contributed by atoms with Gasteiger partial charge in [0.1, 0.15) is 64.6 Å². The minimum atomic E-state index is -0.718. The van der Waals surface area contributed by atoms with Crippen LogP contribution in [-0.4, -0.2) is 463 Å². The van der Waals surface area contributed by atoms with Gasteiger partial charge in [0.15, 0.2) is 0 Å². The Morgan fingerprint density at radius 2 is 0.395 bits per heavy atom. The average Bonchev–Trinajstić information content (AvgIpc) is 0.979. The summed E-state index contributed by atoms with van der Waals surface area (Å²) in [4.78, 5) is 104. The predicted octanol–water partition coefficient (Wildman–Crippen LogP) is -5.95. The van der Waals surface area contributed by atoms with Gasteiger partial charge in [-0.2, -0.15) is 0 Å². The number of carbonyl (C=O) groups excluding carboxylic acids is 8. The molecule has 0 rings (SSSR count). The Hall–Kier alpha value is -5.40. The number of methoxy groups -OCH3 is 4. The average molecular weight is 1730 g/mol. The van der Waals surface area contributed by atoms with Crippen LogP contribution in [0.5, 0.6) is 0 Å². The van der Waals surface area contributed by atoms with Gasteiger partial charge in [0.05, 0.1) is 271 Å². The van der Waals surface area contributed by atoms with Crippen molar-refractivity contribution in [3.05, 3.63) is 0 Å². The first-order chi connectivity index (χ1) is 58.4. The summed E-state index contributed by atoms with van der Waals surface area (Å²) in [6.45, 7) is 10.4. The van der Waals surface area contributed by atoms with E-state index in [1.165, 1.54) is 0 Å². The maximum absolute atomic E-state index is 12.9. The van der Waals surface area contributed by atoms with Crippen LogP contribution in [0.25, 0.3) is 0 Å². The standard InChI is InChI=1S/C74H143N9O36/c1-92-23-27-102-37-47-112-57-68(85)78-10-17-96-31-41-108-53-65(54-109-42-32-97-18-11-79-69(86)58-113-48-38-103-28-24-93-2)117-62-73(90)82-14-21-100-35-45-106-51-64(116-61-72(89)77-9-7-67(84)76-8-5-6-16-119-75)52-107-46-36-101-22-15-83-74(91)63-118-66(55-110-43-33-98-19-12-80-70(87)59-114-49-39-104-29-25-94-3)56-111-44-34-99-20-13-81-71(88)60-115-50-40-105-30-26-95-4/h64-66H,5-63,75H2,1-4H3,(H,76,84)(H,77,89)(H,78,85)(H,79,86)(H,80,87)(H,81,88)(H,82,90)(H,83,91). The Balaban J connectivity index is 5.20. The van der Waals surface area contributed by atoms with Crippen molar-refractivity contribution < 1.29 is 171 Å². The number of nitrogens with one attached hydrogen (secondary N) is 8. The summed E-state index contributed by atoms with van der Waals surface area (Å²) < 4.78 is 148. The summed E-state index contributed by atoms with van der Waals surface area (Å²) in [5.74, 6) is 2.34. The zero-order valence-electron chi connectivity index (χ0n) is 70.7. The molecule has 45 heteroatoms. The largest absolute Gasteiger partial charge is 0.382 e. The molecule has 10 N–H and O–H groups in total.